The number of halogens is 4. The van der Waals surface area contributed by atoms with E-state index in [-0.39, 0.29) is 11.0 Å². The predicted molar refractivity (Wildman–Crippen MR) is 103 cm³/mol. The summed E-state index contributed by atoms with van der Waals surface area (Å²) in [6.07, 6.45) is -3.33. The quantitative estimate of drug-likeness (QED) is 0.421. The molecule has 0 fully saturated rings. The van der Waals surface area contributed by atoms with Gasteiger partial charge in [0.15, 0.2) is 11.3 Å². The number of aromatic hydroxyl groups is 2. The van der Waals surface area contributed by atoms with Crippen molar-refractivity contribution in [2.75, 3.05) is 0 Å². The number of nitrogens with zero attached hydrogens (tertiary/aromatic N) is 1. The van der Waals surface area contributed by atoms with Gasteiger partial charge >= 0.3 is 6.18 Å². The number of hydrogen-bond acceptors (Lipinski definition) is 6. The Kier molecular flexibility index (Phi) is 5.25. The highest BCUT2D eigenvalue weighted by molar-refractivity contribution is 6.30. The van der Waals surface area contributed by atoms with Crippen molar-refractivity contribution in [3.63, 3.8) is 0 Å². The maximum atomic E-state index is 13.6. The Labute approximate surface area is 166 Å². The maximum Gasteiger partial charge on any atom is 0.450 e. The van der Waals surface area contributed by atoms with Gasteiger partial charge in [-0.05, 0) is 36.4 Å². The molecule has 0 saturated carbocycles. The van der Waals surface area contributed by atoms with Crippen LogP contribution < -0.4 is 11.2 Å². The Morgan fingerprint density at radius 3 is 2.38 bits per heavy atom. The van der Waals surface area contributed by atoms with E-state index in [2.05, 4.69) is 4.99 Å². The van der Waals surface area contributed by atoms with Gasteiger partial charge in [-0.3, -0.25) is 9.79 Å². The van der Waals surface area contributed by atoms with Gasteiger partial charge in [0, 0.05) is 23.0 Å². The highest BCUT2D eigenvalue weighted by Gasteiger charge is 2.40. The van der Waals surface area contributed by atoms with Gasteiger partial charge in [-0.15, -0.1) is 0 Å². The number of rotatable bonds is 3. The molecule has 150 valence electrons. The summed E-state index contributed by atoms with van der Waals surface area (Å²) in [6.45, 7) is 0. The van der Waals surface area contributed by atoms with Crippen molar-refractivity contribution in [3.05, 3.63) is 69.2 Å². The number of benzene rings is 2. The maximum absolute atomic E-state index is 13.6. The van der Waals surface area contributed by atoms with Crippen molar-refractivity contribution in [2.24, 2.45) is 10.7 Å². The van der Waals surface area contributed by atoms with Crippen molar-refractivity contribution in [1.82, 2.24) is 0 Å². The molecule has 1 heterocycles. The normalized spacial score (nSPS) is 12.8. The van der Waals surface area contributed by atoms with Gasteiger partial charge in [0.05, 0.1) is 16.6 Å². The Hall–Kier alpha value is -3.46. The zero-order valence-electron chi connectivity index (χ0n) is 14.4. The molecule has 0 radical (unpaired) electrons. The van der Waals surface area contributed by atoms with Crippen LogP contribution in [0, 0.1) is 0 Å². The first-order valence-electron chi connectivity index (χ1n) is 7.94. The molecule has 0 bridgehead atoms. The molecule has 0 aliphatic rings. The smallest absolute Gasteiger partial charge is 0.450 e. The fourth-order valence-electron chi connectivity index (χ4n) is 2.56. The Morgan fingerprint density at radius 1 is 1.14 bits per heavy atom. The molecule has 0 atom stereocenters. The van der Waals surface area contributed by atoms with Gasteiger partial charge in [-0.25, -0.2) is 0 Å². The molecular weight excluding hydrogens is 413 g/mol. The summed E-state index contributed by atoms with van der Waals surface area (Å²) in [5, 5.41) is 19.4. The molecule has 0 aliphatic carbocycles. The van der Waals surface area contributed by atoms with Gasteiger partial charge in [0.25, 0.3) is 0 Å². The minimum Gasteiger partial charge on any atom is -0.504 e. The molecule has 0 unspecified atom stereocenters. The van der Waals surface area contributed by atoms with Crippen LogP contribution in [0.3, 0.4) is 0 Å². The van der Waals surface area contributed by atoms with E-state index in [1.54, 1.807) is 0 Å². The molecule has 0 spiro atoms. The van der Waals surface area contributed by atoms with Crippen LogP contribution in [0.5, 0.6) is 11.5 Å². The van der Waals surface area contributed by atoms with Crippen LogP contribution in [-0.4, -0.2) is 16.4 Å². The molecule has 3 aromatic rings. The van der Waals surface area contributed by atoms with E-state index >= 15 is 0 Å². The zero-order chi connectivity index (χ0) is 21.3. The highest BCUT2D eigenvalue weighted by atomic mass is 35.5. The number of aliphatic imine (C=N–C) groups is 1. The second kappa shape index (κ2) is 7.51. The first-order valence-corrected chi connectivity index (χ1v) is 8.32. The number of phenols is 2. The number of fused-ring (bicyclic) bond motifs is 1. The minimum absolute atomic E-state index is 0.351. The molecule has 0 aliphatic heterocycles. The molecule has 3 rings (SSSR count). The Bertz CT molecular complexity index is 1200. The predicted octanol–water partition coefficient (Wildman–Crippen LogP) is 4.58. The van der Waals surface area contributed by atoms with Crippen LogP contribution in [-0.2, 0) is 6.18 Å². The molecule has 1 aromatic heterocycles. The molecular formula is C19H12ClF3N2O4. The van der Waals surface area contributed by atoms with Crippen molar-refractivity contribution in [3.8, 4) is 11.5 Å². The SMILES string of the molecule is N/C=C(\C=Nc1ccc(Cl)cc1)c1c(C(F)(F)F)oc2c(O)c(O)ccc2c1=O. The first kappa shape index (κ1) is 20.3. The average molecular weight is 425 g/mol. The molecule has 29 heavy (non-hydrogen) atoms. The van der Waals surface area contributed by atoms with E-state index < -0.39 is 40.0 Å². The van der Waals surface area contributed by atoms with E-state index in [4.69, 9.17) is 21.8 Å². The van der Waals surface area contributed by atoms with Crippen LogP contribution >= 0.6 is 11.6 Å². The Morgan fingerprint density at radius 2 is 1.79 bits per heavy atom. The lowest BCUT2D eigenvalue weighted by Crippen LogP contribution is -2.19. The van der Waals surface area contributed by atoms with Gasteiger partial charge in [-0.2, -0.15) is 13.2 Å². The van der Waals surface area contributed by atoms with Crippen LogP contribution in [0.4, 0.5) is 18.9 Å². The molecule has 0 amide bonds. The lowest BCUT2D eigenvalue weighted by molar-refractivity contribution is -0.153. The van der Waals surface area contributed by atoms with E-state index in [1.807, 2.05) is 0 Å². The topological polar surface area (TPSA) is 109 Å². The highest BCUT2D eigenvalue weighted by Crippen LogP contribution is 2.39. The summed E-state index contributed by atoms with van der Waals surface area (Å²) in [6, 6.07) is 8.08. The third-order valence-corrected chi connectivity index (χ3v) is 4.17. The second-order valence-electron chi connectivity index (χ2n) is 5.80. The molecule has 10 heteroatoms. The summed E-state index contributed by atoms with van der Waals surface area (Å²) in [4.78, 5) is 16.8. The van der Waals surface area contributed by atoms with E-state index in [9.17, 15) is 28.2 Å². The minimum atomic E-state index is -5.09. The third kappa shape index (κ3) is 3.90. The van der Waals surface area contributed by atoms with E-state index in [0.29, 0.717) is 10.7 Å². The van der Waals surface area contributed by atoms with E-state index in [0.717, 1.165) is 24.5 Å². The van der Waals surface area contributed by atoms with Crippen molar-refractivity contribution in [1.29, 1.82) is 0 Å². The number of phenolic OH excluding ortho intramolecular Hbond substituents is 2. The monoisotopic (exact) mass is 424 g/mol. The number of nitrogens with two attached hydrogens (primary N) is 1. The van der Waals surface area contributed by atoms with Crippen LogP contribution in [0.25, 0.3) is 16.5 Å². The standard InChI is InChI=1S/C19H12ClF3N2O4/c20-10-1-3-11(4-2-10)25-8-9(7-24)14-15(27)12-5-6-13(26)16(28)17(12)29-18(14)19(21,22)23/h1-8,26,28H,24H2/b9-7+,25-8?. The lowest BCUT2D eigenvalue weighted by Gasteiger charge is -2.13. The largest absolute Gasteiger partial charge is 0.504 e. The van der Waals surface area contributed by atoms with Gasteiger partial charge in [0.1, 0.15) is 0 Å². The third-order valence-electron chi connectivity index (χ3n) is 3.92. The van der Waals surface area contributed by atoms with E-state index in [1.165, 1.54) is 24.3 Å². The molecule has 2 aromatic carbocycles. The summed E-state index contributed by atoms with van der Waals surface area (Å²) >= 11 is 5.77. The van der Waals surface area contributed by atoms with Gasteiger partial charge in [0.2, 0.25) is 16.9 Å². The number of alkyl halides is 3. The van der Waals surface area contributed by atoms with Crippen molar-refractivity contribution >= 4 is 40.0 Å². The summed E-state index contributed by atoms with van der Waals surface area (Å²) in [5.41, 5.74) is 2.69. The molecule has 4 N–H and O–H groups in total. The van der Waals surface area contributed by atoms with Crippen LogP contribution in [0.2, 0.25) is 5.02 Å². The van der Waals surface area contributed by atoms with Gasteiger partial charge < -0.3 is 20.4 Å². The summed E-state index contributed by atoms with van der Waals surface area (Å²) in [5.74, 6) is -3.40. The number of allylic oxidation sites excluding steroid dienone is 1. The fraction of sp³-hybridized carbons (Fsp3) is 0.0526. The fourth-order valence-corrected chi connectivity index (χ4v) is 2.68. The average Bonchev–Trinajstić information content (AvgIpc) is 2.67. The molecule has 6 nitrogen and oxygen atoms in total. The lowest BCUT2D eigenvalue weighted by atomic mass is 10.0. The second-order valence-corrected chi connectivity index (χ2v) is 6.24. The van der Waals surface area contributed by atoms with Crippen molar-refractivity contribution < 1.29 is 27.8 Å². The van der Waals surface area contributed by atoms with Crippen LogP contribution in [0.1, 0.15) is 11.3 Å². The zero-order valence-corrected chi connectivity index (χ0v) is 15.1. The Balaban J connectivity index is 2.26. The first-order chi connectivity index (χ1) is 13.6. The van der Waals surface area contributed by atoms with Crippen LogP contribution in [0.15, 0.2) is 56.8 Å². The van der Waals surface area contributed by atoms with Crippen molar-refractivity contribution in [2.45, 2.75) is 6.18 Å². The summed E-state index contributed by atoms with van der Waals surface area (Å²) in [7, 11) is 0. The van der Waals surface area contributed by atoms with Gasteiger partial charge in [-0.1, -0.05) is 11.6 Å². The number of hydrogen-bond donors (Lipinski definition) is 3. The molecule has 0 saturated heterocycles. The summed E-state index contributed by atoms with van der Waals surface area (Å²) < 4.78 is 45.6.